The summed E-state index contributed by atoms with van der Waals surface area (Å²) in [6.07, 6.45) is 5.38. The second kappa shape index (κ2) is 6.88. The maximum absolute atomic E-state index is 2.37. The average Bonchev–Trinajstić information content (AvgIpc) is 3.33. The topological polar surface area (TPSA) is 8.82 Å². The van der Waals surface area contributed by atoms with E-state index in [0.717, 1.165) is 6.42 Å². The van der Waals surface area contributed by atoms with E-state index >= 15 is 0 Å². The standard InChI is InChI=1S/C29H24N2/c1-3-25-20(2)27-13-7-9-17-31(27)28(25)29-26(19-24-12-6-8-16-30(24)29)23-15-14-21-10-4-5-11-22(21)18-23/h4-19H,3H2,1-2H3. The predicted molar refractivity (Wildman–Crippen MR) is 131 cm³/mol. The zero-order valence-corrected chi connectivity index (χ0v) is 17.8. The number of aryl methyl sites for hydroxylation is 1. The number of hydrogen-bond acceptors (Lipinski definition) is 0. The Morgan fingerprint density at radius 1 is 0.677 bits per heavy atom. The van der Waals surface area contributed by atoms with E-state index in [1.165, 1.54) is 55.4 Å². The second-order valence-electron chi connectivity index (χ2n) is 8.23. The van der Waals surface area contributed by atoms with Gasteiger partial charge >= 0.3 is 0 Å². The summed E-state index contributed by atoms with van der Waals surface area (Å²) in [4.78, 5) is 0. The molecular weight excluding hydrogens is 376 g/mol. The number of benzene rings is 2. The first-order valence-electron chi connectivity index (χ1n) is 10.9. The fraction of sp³-hybridized carbons (Fsp3) is 0.103. The number of pyridine rings is 2. The van der Waals surface area contributed by atoms with Gasteiger partial charge in [0.25, 0.3) is 0 Å². The van der Waals surface area contributed by atoms with Crippen LogP contribution in [0.1, 0.15) is 18.1 Å². The number of fused-ring (bicyclic) bond motifs is 3. The van der Waals surface area contributed by atoms with Crippen molar-refractivity contribution in [1.29, 1.82) is 0 Å². The van der Waals surface area contributed by atoms with E-state index < -0.39 is 0 Å². The Hall–Kier alpha value is -3.78. The van der Waals surface area contributed by atoms with E-state index in [0.29, 0.717) is 0 Å². The number of aromatic nitrogens is 2. The molecule has 2 nitrogen and oxygen atoms in total. The van der Waals surface area contributed by atoms with Gasteiger partial charge in [-0.25, -0.2) is 0 Å². The Bertz CT molecular complexity index is 1580. The summed E-state index contributed by atoms with van der Waals surface area (Å²) < 4.78 is 4.71. The van der Waals surface area contributed by atoms with Gasteiger partial charge in [-0.15, -0.1) is 0 Å². The van der Waals surface area contributed by atoms with Crippen molar-refractivity contribution in [2.75, 3.05) is 0 Å². The Kier molecular flexibility index (Phi) is 4.00. The number of rotatable bonds is 3. The molecule has 4 aromatic heterocycles. The predicted octanol–water partition coefficient (Wildman–Crippen LogP) is 7.55. The molecule has 0 bridgehead atoms. The van der Waals surface area contributed by atoms with Gasteiger partial charge < -0.3 is 8.80 Å². The lowest BCUT2D eigenvalue weighted by molar-refractivity contribution is 1.08. The van der Waals surface area contributed by atoms with Crippen LogP contribution in [0.25, 0.3) is 44.3 Å². The molecule has 6 rings (SSSR count). The van der Waals surface area contributed by atoms with Gasteiger partial charge in [0.15, 0.2) is 0 Å². The fourth-order valence-corrected chi connectivity index (χ4v) is 5.05. The van der Waals surface area contributed by atoms with Crippen molar-refractivity contribution in [3.05, 3.63) is 108 Å². The Balaban J connectivity index is 1.74. The highest BCUT2D eigenvalue weighted by molar-refractivity contribution is 5.94. The molecule has 2 aromatic carbocycles. The van der Waals surface area contributed by atoms with Gasteiger partial charge in [0.2, 0.25) is 0 Å². The number of nitrogens with zero attached hydrogens (tertiary/aromatic N) is 2. The van der Waals surface area contributed by atoms with Crippen LogP contribution in [0.4, 0.5) is 0 Å². The molecule has 2 heteroatoms. The van der Waals surface area contributed by atoms with Crippen molar-refractivity contribution in [3.8, 4) is 22.5 Å². The quantitative estimate of drug-likeness (QED) is 0.290. The molecule has 0 unspecified atom stereocenters. The molecule has 0 fully saturated rings. The molecule has 0 amide bonds. The lowest BCUT2D eigenvalue weighted by Gasteiger charge is -2.11. The van der Waals surface area contributed by atoms with Gasteiger partial charge in [-0.1, -0.05) is 55.5 Å². The molecule has 0 N–H and O–H groups in total. The maximum Gasteiger partial charge on any atom is 0.0780 e. The summed E-state index contributed by atoms with van der Waals surface area (Å²) in [6, 6.07) is 30.6. The van der Waals surface area contributed by atoms with E-state index in [4.69, 9.17) is 0 Å². The molecular formula is C29H24N2. The molecule has 0 aliphatic rings. The van der Waals surface area contributed by atoms with Crippen LogP contribution in [0, 0.1) is 6.92 Å². The maximum atomic E-state index is 2.37. The van der Waals surface area contributed by atoms with Crippen LogP contribution in [0.3, 0.4) is 0 Å². The molecule has 31 heavy (non-hydrogen) atoms. The molecule has 150 valence electrons. The van der Waals surface area contributed by atoms with E-state index in [-0.39, 0.29) is 0 Å². The Morgan fingerprint density at radius 2 is 1.42 bits per heavy atom. The van der Waals surface area contributed by atoms with E-state index in [2.05, 4.69) is 120 Å². The van der Waals surface area contributed by atoms with Crippen LogP contribution in [-0.4, -0.2) is 8.80 Å². The molecule has 0 radical (unpaired) electrons. The second-order valence-corrected chi connectivity index (χ2v) is 8.23. The third-order valence-corrected chi connectivity index (χ3v) is 6.54. The third-order valence-electron chi connectivity index (χ3n) is 6.54. The van der Waals surface area contributed by atoms with Crippen molar-refractivity contribution < 1.29 is 0 Å². The minimum absolute atomic E-state index is 1.00. The molecule has 0 atom stereocenters. The summed E-state index contributed by atoms with van der Waals surface area (Å²) in [5.74, 6) is 0. The number of hydrogen-bond donors (Lipinski definition) is 0. The molecule has 0 aliphatic carbocycles. The van der Waals surface area contributed by atoms with Crippen LogP contribution in [0.5, 0.6) is 0 Å². The summed E-state index contributed by atoms with van der Waals surface area (Å²) in [5.41, 5.74) is 10.4. The first-order chi connectivity index (χ1) is 15.3. The van der Waals surface area contributed by atoms with Crippen LogP contribution in [-0.2, 0) is 6.42 Å². The monoisotopic (exact) mass is 400 g/mol. The van der Waals surface area contributed by atoms with Gasteiger partial charge in [0.05, 0.1) is 11.4 Å². The van der Waals surface area contributed by atoms with Crippen LogP contribution in [0.15, 0.2) is 97.3 Å². The highest BCUT2D eigenvalue weighted by Crippen LogP contribution is 2.40. The van der Waals surface area contributed by atoms with Crippen molar-refractivity contribution >= 4 is 21.8 Å². The van der Waals surface area contributed by atoms with Crippen molar-refractivity contribution in [2.45, 2.75) is 20.3 Å². The van der Waals surface area contributed by atoms with Gasteiger partial charge in [0, 0.05) is 29.0 Å². The molecule has 6 aromatic rings. The SMILES string of the molecule is CCc1c(C)c2ccccn2c1-c1c(-c2ccc3ccccc3c2)cc2ccccn12. The zero-order chi connectivity index (χ0) is 20.9. The Morgan fingerprint density at radius 3 is 2.26 bits per heavy atom. The first-order valence-corrected chi connectivity index (χ1v) is 10.9. The van der Waals surface area contributed by atoms with E-state index in [1.54, 1.807) is 0 Å². The highest BCUT2D eigenvalue weighted by atomic mass is 15.0. The van der Waals surface area contributed by atoms with Crippen molar-refractivity contribution in [2.24, 2.45) is 0 Å². The molecule has 0 saturated carbocycles. The summed E-state index contributed by atoms with van der Waals surface area (Å²) in [6.45, 7) is 4.51. The van der Waals surface area contributed by atoms with E-state index in [1.807, 2.05) is 0 Å². The summed E-state index contributed by atoms with van der Waals surface area (Å²) >= 11 is 0. The van der Waals surface area contributed by atoms with Crippen molar-refractivity contribution in [3.63, 3.8) is 0 Å². The smallest absolute Gasteiger partial charge is 0.0780 e. The molecule has 0 aliphatic heterocycles. The average molecular weight is 401 g/mol. The minimum atomic E-state index is 1.00. The minimum Gasteiger partial charge on any atom is -0.315 e. The Labute approximate surface area is 182 Å². The van der Waals surface area contributed by atoms with Crippen molar-refractivity contribution in [1.82, 2.24) is 8.80 Å². The lowest BCUT2D eigenvalue weighted by Crippen LogP contribution is -1.96. The van der Waals surface area contributed by atoms with Gasteiger partial charge in [-0.05, 0) is 77.2 Å². The zero-order valence-electron chi connectivity index (χ0n) is 17.8. The molecule has 4 heterocycles. The molecule has 0 saturated heterocycles. The molecule has 0 spiro atoms. The summed E-state index contributed by atoms with van der Waals surface area (Å²) in [5, 5.41) is 2.54. The van der Waals surface area contributed by atoms with E-state index in [9.17, 15) is 0 Å². The summed E-state index contributed by atoms with van der Waals surface area (Å²) in [7, 11) is 0. The van der Waals surface area contributed by atoms with Gasteiger partial charge in [-0.2, -0.15) is 0 Å². The fourth-order valence-electron chi connectivity index (χ4n) is 5.05. The third kappa shape index (κ3) is 2.65. The highest BCUT2D eigenvalue weighted by Gasteiger charge is 2.22. The lowest BCUT2D eigenvalue weighted by atomic mass is 9.98. The first kappa shape index (κ1) is 18.0. The van der Waals surface area contributed by atoms with Crippen LogP contribution < -0.4 is 0 Å². The van der Waals surface area contributed by atoms with Gasteiger partial charge in [0.1, 0.15) is 0 Å². The van der Waals surface area contributed by atoms with Crippen LogP contribution in [0.2, 0.25) is 0 Å². The van der Waals surface area contributed by atoms with Crippen LogP contribution >= 0.6 is 0 Å². The normalized spacial score (nSPS) is 11.7. The largest absolute Gasteiger partial charge is 0.315 e. The van der Waals surface area contributed by atoms with Gasteiger partial charge in [-0.3, -0.25) is 0 Å².